The average Bonchev–Trinajstić information content (AvgIpc) is 1.57. The molecule has 105 heavy (non-hydrogen) atoms. The van der Waals surface area contributed by atoms with Gasteiger partial charge in [-0.15, -0.1) is 0 Å². The van der Waals surface area contributed by atoms with Crippen LogP contribution in [0.5, 0.6) is 0 Å². The molecule has 4 aliphatic heterocycles. The Morgan fingerprint density at radius 1 is 0.619 bits per heavy atom. The van der Waals surface area contributed by atoms with Crippen molar-refractivity contribution in [3.05, 3.63) is 118 Å². The molecule has 0 radical (unpaired) electrons. The number of benzene rings is 2. The maximum atomic E-state index is 16.6. The summed E-state index contributed by atoms with van der Waals surface area (Å²) < 4.78 is 96.6. The number of piperidine rings is 1. The molecule has 4 atom stereocenters. The van der Waals surface area contributed by atoms with Gasteiger partial charge < -0.3 is 40.2 Å². The van der Waals surface area contributed by atoms with Crippen molar-refractivity contribution in [3.8, 4) is 22.5 Å². The van der Waals surface area contributed by atoms with Crippen molar-refractivity contribution in [2.75, 3.05) is 46.6 Å². The number of fused-ring (bicyclic) bond motifs is 5. The molecule has 6 aromatic heterocycles. The maximum absolute atomic E-state index is 16.6. The first-order valence-electron chi connectivity index (χ1n) is 37.2. The van der Waals surface area contributed by atoms with Crippen LogP contribution in [0, 0.1) is 49.0 Å². The highest BCUT2D eigenvalue weighted by molar-refractivity contribution is 6.09. The van der Waals surface area contributed by atoms with E-state index in [0.717, 1.165) is 57.1 Å². The molecule has 552 valence electrons. The second kappa shape index (κ2) is 25.0. The van der Waals surface area contributed by atoms with Gasteiger partial charge in [0.1, 0.15) is 16.6 Å². The third-order valence-corrected chi connectivity index (χ3v) is 25.1. The molecule has 26 heteroatoms. The molecule has 4 unspecified atom stereocenters. The van der Waals surface area contributed by atoms with E-state index in [4.69, 9.17) is 29.9 Å². The number of halogens is 6. The van der Waals surface area contributed by atoms with Crippen molar-refractivity contribution in [2.45, 2.75) is 224 Å². The fraction of sp³-hybridized carbons (Fsp3) is 0.519. The van der Waals surface area contributed by atoms with E-state index in [0.29, 0.717) is 92.8 Å². The number of alkyl halides is 2. The molecule has 0 spiro atoms. The lowest BCUT2D eigenvalue weighted by Crippen LogP contribution is -2.64. The number of carbonyl (C=O) groups excluding carboxylic acids is 4. The quantitative estimate of drug-likeness (QED) is 0.0554. The van der Waals surface area contributed by atoms with Gasteiger partial charge in [0.25, 0.3) is 18.2 Å². The third-order valence-electron chi connectivity index (χ3n) is 25.1. The Morgan fingerprint density at radius 3 is 1.59 bits per heavy atom. The maximum Gasteiger partial charge on any atom is 0.261 e. The Kier molecular flexibility index (Phi) is 16.8. The van der Waals surface area contributed by atoms with Gasteiger partial charge in [0.05, 0.1) is 80.0 Å². The fourth-order valence-corrected chi connectivity index (χ4v) is 18.5. The van der Waals surface area contributed by atoms with Gasteiger partial charge in [0.2, 0.25) is 11.8 Å². The first-order chi connectivity index (χ1) is 49.8. The number of nitrogens with one attached hydrogen (secondary N) is 4. The van der Waals surface area contributed by atoms with Gasteiger partial charge in [-0.3, -0.25) is 38.9 Å². The number of nitrogens with zero attached hydrogens (tertiary/aromatic N) is 12. The summed E-state index contributed by atoms with van der Waals surface area (Å²) in [6, 6.07) is 9.42. The van der Waals surface area contributed by atoms with E-state index in [1.807, 2.05) is 78.7 Å². The first kappa shape index (κ1) is 70.3. The van der Waals surface area contributed by atoms with Crippen LogP contribution >= 0.6 is 0 Å². The standard InChI is InChI=1S/C79H90F6N16O4/c1-13-86-70(102)49-26-53(62(82)60(80)41(49)5)94-69-65-56(29-52(92-69)45-24-58-66(87-35-45)75(7,8)73(104)100(58)46-30-77(11,31-46)96-21-15-14-16-22-96)90-38-98(65)40(4)23-57-48-18-17-43(48)36-99(57)78(12)32-47(33-78)101-59-25-44(34-88-67(59)76(9,10)74(101)105)51-28-55-64(97(37-89-55)39(2)3)68(91-51)93-54-27-50(42(6)61(81)63(54)83)71(103)95-79(19-20-79)72(84)85/h24-29,34-35,37-40,43,46-48,57,72H,13-23,30-33,36H2,1-12H3,(H,86,102)(H,91,93)(H,92,94)(H,95,103). The zero-order valence-electron chi connectivity index (χ0n) is 61.5. The van der Waals surface area contributed by atoms with Crippen molar-refractivity contribution in [1.82, 2.24) is 59.5 Å². The van der Waals surface area contributed by atoms with Gasteiger partial charge in [0.15, 0.2) is 34.9 Å². The van der Waals surface area contributed by atoms with Gasteiger partial charge in [-0.2, -0.15) is 0 Å². The van der Waals surface area contributed by atoms with Gasteiger partial charge >= 0.3 is 0 Å². The molecule has 8 aromatic rings. The number of aromatic nitrogens is 8. The summed E-state index contributed by atoms with van der Waals surface area (Å²) in [6.07, 6.45) is 13.4. The predicted molar refractivity (Wildman–Crippen MR) is 389 cm³/mol. The average molecular weight is 1440 g/mol. The molecule has 16 rings (SSSR count). The number of carbonyl (C=O) groups is 4. The molecular weight excluding hydrogens is 1350 g/mol. The number of rotatable bonds is 19. The van der Waals surface area contributed by atoms with E-state index in [1.165, 1.54) is 39.2 Å². The number of hydrogen-bond acceptors (Lipinski definition) is 14. The number of anilines is 6. The van der Waals surface area contributed by atoms with Crippen LogP contribution in [0.15, 0.2) is 61.4 Å². The minimum Gasteiger partial charge on any atom is -0.352 e. The SMILES string of the molecule is CCNC(=O)c1cc(Nc2nc(-c3cnc4c(c3)N(C3CC(C)(N5CCCCC5)C3)C(=O)C4(C)C)cc3ncn(C(C)CC4C5CCC5CN4C4(C)CC(N5C(=O)C(C)(C)c6ncc(-c7cc8ncn(C(C)C)c8c(Nc8cc(C(=O)NC9(C(F)F)CC9)c(C)c(F)c8F)n7)cc65)C4)c23)c(F)c(F)c1C. The lowest BCUT2D eigenvalue weighted by atomic mass is 9.70. The molecular formula is C79H90F6N16O4. The fourth-order valence-electron chi connectivity index (χ4n) is 18.5. The van der Waals surface area contributed by atoms with Crippen molar-refractivity contribution in [2.24, 2.45) is 11.8 Å². The number of likely N-dealkylation sites (tertiary alicyclic amines) is 2. The van der Waals surface area contributed by atoms with E-state index in [9.17, 15) is 23.2 Å². The summed E-state index contributed by atoms with van der Waals surface area (Å²) in [5.74, 6) is -5.46. The summed E-state index contributed by atoms with van der Waals surface area (Å²) in [5, 5.41) is 11.2. The summed E-state index contributed by atoms with van der Waals surface area (Å²) in [5.41, 5.74) is 1.02. The molecule has 4 N–H and O–H groups in total. The molecule has 2 saturated heterocycles. The zero-order chi connectivity index (χ0) is 74.2. The molecule has 2 aromatic carbocycles. The van der Waals surface area contributed by atoms with E-state index in [1.54, 1.807) is 38.0 Å². The Balaban J connectivity index is 0.695. The molecule has 6 fully saturated rings. The highest BCUT2D eigenvalue weighted by atomic mass is 19.3. The molecule has 4 aliphatic carbocycles. The van der Waals surface area contributed by atoms with Gasteiger partial charge in [-0.25, -0.2) is 46.3 Å². The van der Waals surface area contributed by atoms with Crippen LogP contribution in [-0.2, 0) is 20.4 Å². The monoisotopic (exact) mass is 1440 g/mol. The Hall–Kier alpha value is -9.04. The highest BCUT2D eigenvalue weighted by Crippen LogP contribution is 2.57. The topological polar surface area (TPSA) is 217 Å². The predicted octanol–water partition coefficient (Wildman–Crippen LogP) is 14.8. The Bertz CT molecular complexity index is 4950. The van der Waals surface area contributed by atoms with E-state index >= 15 is 22.4 Å². The van der Waals surface area contributed by atoms with Crippen LogP contribution < -0.4 is 31.1 Å². The molecule has 0 bridgehead atoms. The van der Waals surface area contributed by atoms with Crippen LogP contribution in [0.1, 0.15) is 202 Å². The molecule has 20 nitrogen and oxygen atoms in total. The van der Waals surface area contributed by atoms with Gasteiger partial charge in [-0.05, 0) is 215 Å². The van der Waals surface area contributed by atoms with Crippen LogP contribution in [0.2, 0.25) is 0 Å². The van der Waals surface area contributed by atoms with Gasteiger partial charge in [-0.1, -0.05) is 6.42 Å². The van der Waals surface area contributed by atoms with Crippen LogP contribution in [-0.4, -0.2) is 140 Å². The number of pyridine rings is 4. The second-order valence-electron chi connectivity index (χ2n) is 33.1. The number of imidazole rings is 2. The Morgan fingerprint density at radius 2 is 1.11 bits per heavy atom. The molecule has 4 amide bonds. The third kappa shape index (κ3) is 11.2. The number of hydrogen-bond donors (Lipinski definition) is 4. The molecule has 8 aliphatic rings. The summed E-state index contributed by atoms with van der Waals surface area (Å²) >= 11 is 0. The van der Waals surface area contributed by atoms with E-state index < -0.39 is 63.6 Å². The van der Waals surface area contributed by atoms with Crippen LogP contribution in [0.4, 0.5) is 60.7 Å². The smallest absolute Gasteiger partial charge is 0.261 e. The van der Waals surface area contributed by atoms with E-state index in [2.05, 4.69) is 51.8 Å². The van der Waals surface area contributed by atoms with Crippen molar-refractivity contribution in [3.63, 3.8) is 0 Å². The largest absolute Gasteiger partial charge is 0.352 e. The van der Waals surface area contributed by atoms with Crippen molar-refractivity contribution < 1.29 is 45.5 Å². The summed E-state index contributed by atoms with van der Waals surface area (Å²) in [4.78, 5) is 95.6. The lowest BCUT2D eigenvalue weighted by Gasteiger charge is -2.56. The van der Waals surface area contributed by atoms with Crippen LogP contribution in [0.3, 0.4) is 0 Å². The number of amides is 4. The molecule has 10 heterocycles. The summed E-state index contributed by atoms with van der Waals surface area (Å²) in [7, 11) is 0. The van der Waals surface area contributed by atoms with Crippen molar-refractivity contribution in [1.29, 1.82) is 0 Å². The second-order valence-corrected chi connectivity index (χ2v) is 33.1. The zero-order valence-corrected chi connectivity index (χ0v) is 61.5. The van der Waals surface area contributed by atoms with Crippen molar-refractivity contribution >= 4 is 80.1 Å². The van der Waals surface area contributed by atoms with Crippen LogP contribution in [0.25, 0.3) is 44.6 Å². The lowest BCUT2D eigenvalue weighted by molar-refractivity contribution is -0.124. The minimum atomic E-state index is -2.85. The normalized spacial score (nSPS) is 25.3. The first-order valence-corrected chi connectivity index (χ1v) is 37.2. The van der Waals surface area contributed by atoms with E-state index in [-0.39, 0.29) is 112 Å². The summed E-state index contributed by atoms with van der Waals surface area (Å²) in [6.45, 7) is 25.8. The Labute approximate surface area is 605 Å². The van der Waals surface area contributed by atoms with Gasteiger partial charge in [0, 0.05) is 100 Å². The highest BCUT2D eigenvalue weighted by Gasteiger charge is 2.61. The minimum absolute atomic E-state index is 0.00371. The molecule has 4 saturated carbocycles.